The van der Waals surface area contributed by atoms with E-state index in [1.54, 1.807) is 0 Å². The van der Waals surface area contributed by atoms with Gasteiger partial charge in [0.15, 0.2) is 0 Å². The second kappa shape index (κ2) is 10.7. The van der Waals surface area contributed by atoms with E-state index < -0.39 is 0 Å². The van der Waals surface area contributed by atoms with Crippen LogP contribution in [0.4, 0.5) is 11.4 Å². The molecule has 0 radical (unpaired) electrons. The summed E-state index contributed by atoms with van der Waals surface area (Å²) in [5, 5.41) is 4.97. The molecule has 32 heavy (non-hydrogen) atoms. The highest BCUT2D eigenvalue weighted by Gasteiger charge is 2.14. The van der Waals surface area contributed by atoms with Crippen LogP contribution in [0.25, 0.3) is 11.1 Å². The van der Waals surface area contributed by atoms with Crippen LogP contribution in [0.3, 0.4) is 0 Å². The second-order valence-corrected chi connectivity index (χ2v) is 9.40. The highest BCUT2D eigenvalue weighted by atomic mass is 79.9. The van der Waals surface area contributed by atoms with Crippen LogP contribution in [-0.4, -0.2) is 12.2 Å². The number of carbonyl (C=O) groups is 1. The first-order valence-corrected chi connectivity index (χ1v) is 12.8. The smallest absolute Gasteiger partial charge is 0.265 e. The highest BCUT2D eigenvalue weighted by Crippen LogP contribution is 2.34. The Balaban J connectivity index is 1.50. The summed E-state index contributed by atoms with van der Waals surface area (Å²) >= 11 is 6.40. The Kier molecular flexibility index (Phi) is 7.52. The monoisotopic (exact) mass is 524 g/mol. The predicted octanol–water partition coefficient (Wildman–Crippen LogP) is 7.70. The van der Waals surface area contributed by atoms with Gasteiger partial charge in [0.05, 0.1) is 4.88 Å². The summed E-state index contributed by atoms with van der Waals surface area (Å²) in [4.78, 5) is 13.5. The number of nitrogens with one attached hydrogen (secondary N) is 2. The molecule has 7 heteroatoms. The van der Waals surface area contributed by atoms with Crippen LogP contribution in [0.2, 0.25) is 0 Å². The Labute approximate surface area is 204 Å². The molecule has 1 amide bonds. The zero-order chi connectivity index (χ0) is 22.3. The maximum atomic E-state index is 12.9. The van der Waals surface area contributed by atoms with E-state index in [0.717, 1.165) is 38.3 Å². The fourth-order valence-corrected chi connectivity index (χ4v) is 4.84. The van der Waals surface area contributed by atoms with Gasteiger partial charge in [-0.05, 0) is 46.8 Å². The number of benzene rings is 3. The molecule has 2 N–H and O–H groups in total. The lowest BCUT2D eigenvalue weighted by Crippen LogP contribution is -2.10. The van der Waals surface area contributed by atoms with Crippen molar-refractivity contribution in [3.63, 3.8) is 0 Å². The molecule has 0 saturated heterocycles. The van der Waals surface area contributed by atoms with E-state index in [1.165, 1.54) is 23.3 Å². The van der Waals surface area contributed by atoms with Crippen molar-refractivity contribution in [2.24, 2.45) is 0 Å². The van der Waals surface area contributed by atoms with Gasteiger partial charge in [0, 0.05) is 27.7 Å². The van der Waals surface area contributed by atoms with E-state index in [4.69, 9.17) is 4.74 Å². The topological polar surface area (TPSA) is 50.4 Å². The molecule has 0 unspecified atom stereocenters. The summed E-state index contributed by atoms with van der Waals surface area (Å²) < 4.78 is 10.2. The van der Waals surface area contributed by atoms with E-state index in [2.05, 4.69) is 26.0 Å². The van der Waals surface area contributed by atoms with E-state index >= 15 is 0 Å². The Morgan fingerprint density at radius 1 is 1.00 bits per heavy atom. The van der Waals surface area contributed by atoms with Crippen LogP contribution in [-0.2, 0) is 6.61 Å². The zero-order valence-corrected chi connectivity index (χ0v) is 20.5. The maximum absolute atomic E-state index is 12.9. The molecule has 162 valence electrons. The number of anilines is 2. The molecule has 1 aromatic heterocycles. The van der Waals surface area contributed by atoms with Crippen LogP contribution in [0.5, 0.6) is 5.75 Å². The molecule has 1 heterocycles. The molecule has 0 aliphatic carbocycles. The molecule has 0 aliphatic heterocycles. The number of thiophene rings is 1. The first-order valence-electron chi connectivity index (χ1n) is 9.88. The van der Waals surface area contributed by atoms with Crippen molar-refractivity contribution in [1.29, 1.82) is 0 Å². The number of para-hydroxylation sites is 1. The standard InChI is InChI=1S/C25H21BrN2O2S2/c1-31-28-21-13-19(26)12-20(14-21)27-25(29)24-11-18(16-32-24)22-9-5-6-10-23(22)30-15-17-7-3-2-4-8-17/h2-14,16,28H,15H2,1H3,(H,27,29). The third kappa shape index (κ3) is 5.73. The van der Waals surface area contributed by atoms with Gasteiger partial charge in [0.1, 0.15) is 12.4 Å². The predicted molar refractivity (Wildman–Crippen MR) is 140 cm³/mol. The molecule has 3 aromatic carbocycles. The number of hydrogen-bond donors (Lipinski definition) is 2. The normalized spacial score (nSPS) is 10.6. The lowest BCUT2D eigenvalue weighted by Gasteiger charge is -2.11. The van der Waals surface area contributed by atoms with Crippen molar-refractivity contribution in [1.82, 2.24) is 0 Å². The number of hydrogen-bond acceptors (Lipinski definition) is 5. The first-order chi connectivity index (χ1) is 15.6. The van der Waals surface area contributed by atoms with Gasteiger partial charge in [-0.2, -0.15) is 0 Å². The molecule has 0 aliphatic rings. The third-order valence-electron chi connectivity index (χ3n) is 4.63. The van der Waals surface area contributed by atoms with Gasteiger partial charge in [0.25, 0.3) is 5.91 Å². The van der Waals surface area contributed by atoms with Crippen LogP contribution in [0.1, 0.15) is 15.2 Å². The number of halogens is 1. The minimum atomic E-state index is -0.142. The lowest BCUT2D eigenvalue weighted by atomic mass is 10.1. The average molecular weight is 525 g/mol. The molecular formula is C25H21BrN2O2S2. The van der Waals surface area contributed by atoms with Crippen molar-refractivity contribution in [3.8, 4) is 16.9 Å². The summed E-state index contributed by atoms with van der Waals surface area (Å²) in [6.45, 7) is 0.491. The van der Waals surface area contributed by atoms with Gasteiger partial charge < -0.3 is 14.8 Å². The first kappa shape index (κ1) is 22.5. The molecule has 0 spiro atoms. The van der Waals surface area contributed by atoms with E-state index in [9.17, 15) is 4.79 Å². The van der Waals surface area contributed by atoms with Crippen LogP contribution >= 0.6 is 39.2 Å². The fourth-order valence-electron chi connectivity index (χ4n) is 3.19. The summed E-state index contributed by atoms with van der Waals surface area (Å²) in [6.07, 6.45) is 1.95. The number of carbonyl (C=O) groups excluding carboxylic acids is 1. The van der Waals surface area contributed by atoms with Crippen LogP contribution < -0.4 is 14.8 Å². The van der Waals surface area contributed by atoms with Crippen molar-refractivity contribution >= 4 is 56.5 Å². The number of ether oxygens (including phenoxy) is 1. The summed E-state index contributed by atoms with van der Waals surface area (Å²) in [5.74, 6) is 0.651. The minimum Gasteiger partial charge on any atom is -0.488 e. The van der Waals surface area contributed by atoms with Crippen LogP contribution in [0, 0.1) is 0 Å². The van der Waals surface area contributed by atoms with Gasteiger partial charge in [-0.25, -0.2) is 0 Å². The molecule has 0 atom stereocenters. The van der Waals surface area contributed by atoms with Gasteiger partial charge in [0.2, 0.25) is 0 Å². The van der Waals surface area contributed by atoms with E-state index in [1.807, 2.05) is 90.5 Å². The van der Waals surface area contributed by atoms with E-state index in [0.29, 0.717) is 11.5 Å². The summed E-state index contributed by atoms with van der Waals surface area (Å²) in [7, 11) is 0. The Hall–Kier alpha value is -2.74. The summed E-state index contributed by atoms with van der Waals surface area (Å²) in [5.41, 5.74) is 4.67. The Bertz CT molecular complexity index is 1210. The highest BCUT2D eigenvalue weighted by molar-refractivity contribution is 9.10. The average Bonchev–Trinajstić information content (AvgIpc) is 3.29. The van der Waals surface area contributed by atoms with E-state index in [-0.39, 0.29) is 5.91 Å². The molecule has 4 nitrogen and oxygen atoms in total. The Morgan fingerprint density at radius 3 is 2.56 bits per heavy atom. The quantitative estimate of drug-likeness (QED) is 0.232. The number of rotatable bonds is 8. The zero-order valence-electron chi connectivity index (χ0n) is 17.3. The van der Waals surface area contributed by atoms with Crippen molar-refractivity contribution in [3.05, 3.63) is 99.2 Å². The molecule has 0 saturated carbocycles. The van der Waals surface area contributed by atoms with Gasteiger partial charge in [-0.1, -0.05) is 76.4 Å². The number of amides is 1. The molecule has 0 bridgehead atoms. The largest absolute Gasteiger partial charge is 0.488 e. The maximum Gasteiger partial charge on any atom is 0.265 e. The molecule has 4 aromatic rings. The molecule has 0 fully saturated rings. The molecule has 4 rings (SSSR count). The summed E-state index contributed by atoms with van der Waals surface area (Å²) in [6, 6.07) is 25.6. The SMILES string of the molecule is CSNc1cc(Br)cc(NC(=O)c2cc(-c3ccccc3OCc3ccccc3)cs2)c1. The van der Waals surface area contributed by atoms with Gasteiger partial charge >= 0.3 is 0 Å². The minimum absolute atomic E-state index is 0.142. The van der Waals surface area contributed by atoms with Crippen molar-refractivity contribution < 1.29 is 9.53 Å². The van der Waals surface area contributed by atoms with Crippen molar-refractivity contribution in [2.75, 3.05) is 16.3 Å². The van der Waals surface area contributed by atoms with Crippen LogP contribution in [0.15, 0.2) is 88.7 Å². The lowest BCUT2D eigenvalue weighted by molar-refractivity contribution is 0.103. The van der Waals surface area contributed by atoms with Gasteiger partial charge in [-0.15, -0.1) is 11.3 Å². The fraction of sp³-hybridized carbons (Fsp3) is 0.0800. The van der Waals surface area contributed by atoms with Gasteiger partial charge in [-0.3, -0.25) is 4.79 Å². The molecular weight excluding hydrogens is 504 g/mol. The Morgan fingerprint density at radius 2 is 1.75 bits per heavy atom. The van der Waals surface area contributed by atoms with Crippen molar-refractivity contribution in [2.45, 2.75) is 6.61 Å². The second-order valence-electron chi connectivity index (χ2n) is 6.96. The third-order valence-corrected chi connectivity index (χ3v) is 6.46.